The summed E-state index contributed by atoms with van der Waals surface area (Å²) in [6, 6.07) is -0.0285. The van der Waals surface area contributed by atoms with Crippen LogP contribution in [0.25, 0.3) is 0 Å². The maximum absolute atomic E-state index is 11.9. The van der Waals surface area contributed by atoms with Gasteiger partial charge in [-0.25, -0.2) is 4.79 Å². The van der Waals surface area contributed by atoms with Gasteiger partial charge in [0, 0.05) is 17.8 Å². The highest BCUT2D eigenvalue weighted by Gasteiger charge is 2.35. The zero-order valence-electron chi connectivity index (χ0n) is 12.6. The van der Waals surface area contributed by atoms with Gasteiger partial charge < -0.3 is 15.7 Å². The van der Waals surface area contributed by atoms with Crippen molar-refractivity contribution in [3.05, 3.63) is 0 Å². The number of urea groups is 1. The summed E-state index contributed by atoms with van der Waals surface area (Å²) in [5.41, 5.74) is -0.852. The first-order valence-corrected chi connectivity index (χ1v) is 8.56. The third-order valence-electron chi connectivity index (χ3n) is 4.45. The minimum absolute atomic E-state index is 0.180. The lowest BCUT2D eigenvalue weighted by molar-refractivity contribution is -0.149. The van der Waals surface area contributed by atoms with Crippen LogP contribution in [0.3, 0.4) is 0 Å². The Morgan fingerprint density at radius 2 is 1.95 bits per heavy atom. The molecule has 0 aromatic carbocycles. The monoisotopic (exact) mass is 302 g/mol. The van der Waals surface area contributed by atoms with Crippen molar-refractivity contribution in [1.29, 1.82) is 0 Å². The van der Waals surface area contributed by atoms with E-state index < -0.39 is 11.4 Å². The molecule has 0 saturated heterocycles. The molecular weight excluding hydrogens is 276 g/mol. The molecule has 1 aliphatic rings. The molecule has 2 unspecified atom stereocenters. The van der Waals surface area contributed by atoms with Crippen LogP contribution in [0, 0.1) is 5.41 Å². The molecule has 116 valence electrons. The SMILES string of the molecule is CCC(CC)(CNC(=O)NC1CCC(SC)C1)C(=O)O. The van der Waals surface area contributed by atoms with Crippen LogP contribution in [0.2, 0.25) is 0 Å². The molecule has 5 nitrogen and oxygen atoms in total. The van der Waals surface area contributed by atoms with Gasteiger partial charge in [0.05, 0.1) is 5.41 Å². The molecule has 0 aromatic rings. The van der Waals surface area contributed by atoms with Crippen LogP contribution >= 0.6 is 11.8 Å². The van der Waals surface area contributed by atoms with Crippen LogP contribution in [-0.2, 0) is 4.79 Å². The highest BCUT2D eigenvalue weighted by atomic mass is 32.2. The topological polar surface area (TPSA) is 78.4 Å². The van der Waals surface area contributed by atoms with E-state index in [4.69, 9.17) is 0 Å². The molecule has 3 N–H and O–H groups in total. The van der Waals surface area contributed by atoms with Gasteiger partial charge in [-0.15, -0.1) is 0 Å². The van der Waals surface area contributed by atoms with Gasteiger partial charge in [-0.1, -0.05) is 13.8 Å². The molecule has 1 saturated carbocycles. The Hall–Kier alpha value is -0.910. The van der Waals surface area contributed by atoms with Gasteiger partial charge >= 0.3 is 12.0 Å². The van der Waals surface area contributed by atoms with Gasteiger partial charge in [0.25, 0.3) is 0 Å². The van der Waals surface area contributed by atoms with E-state index >= 15 is 0 Å². The van der Waals surface area contributed by atoms with Crippen molar-refractivity contribution in [2.75, 3.05) is 12.8 Å². The highest BCUT2D eigenvalue weighted by Crippen LogP contribution is 2.28. The van der Waals surface area contributed by atoms with Crippen LogP contribution < -0.4 is 10.6 Å². The number of aliphatic carboxylic acids is 1. The second kappa shape index (κ2) is 7.76. The quantitative estimate of drug-likeness (QED) is 0.675. The van der Waals surface area contributed by atoms with Crippen molar-refractivity contribution in [3.8, 4) is 0 Å². The van der Waals surface area contributed by atoms with Crippen molar-refractivity contribution in [2.45, 2.75) is 57.2 Å². The second-order valence-corrected chi connectivity index (χ2v) is 6.63. The molecule has 0 heterocycles. The first kappa shape index (κ1) is 17.1. The van der Waals surface area contributed by atoms with Crippen LogP contribution in [0.4, 0.5) is 4.79 Å². The number of hydrogen-bond acceptors (Lipinski definition) is 3. The van der Waals surface area contributed by atoms with Gasteiger partial charge in [-0.05, 0) is 38.4 Å². The Balaban J connectivity index is 2.41. The van der Waals surface area contributed by atoms with E-state index in [0.29, 0.717) is 18.1 Å². The Bertz CT molecular complexity index is 345. The van der Waals surface area contributed by atoms with E-state index in [0.717, 1.165) is 19.3 Å². The van der Waals surface area contributed by atoms with Gasteiger partial charge in [0.1, 0.15) is 0 Å². The number of carboxylic acid groups (broad SMARTS) is 1. The first-order chi connectivity index (χ1) is 9.47. The van der Waals surface area contributed by atoms with Crippen LogP contribution in [0.1, 0.15) is 46.0 Å². The minimum Gasteiger partial charge on any atom is -0.481 e. The first-order valence-electron chi connectivity index (χ1n) is 7.28. The average Bonchev–Trinajstić information content (AvgIpc) is 2.87. The molecule has 0 bridgehead atoms. The molecule has 1 fully saturated rings. The lowest BCUT2D eigenvalue weighted by Crippen LogP contribution is -2.47. The zero-order valence-corrected chi connectivity index (χ0v) is 13.4. The van der Waals surface area contributed by atoms with E-state index in [-0.39, 0.29) is 18.6 Å². The highest BCUT2D eigenvalue weighted by molar-refractivity contribution is 7.99. The van der Waals surface area contributed by atoms with Crippen LogP contribution in [-0.4, -0.2) is 41.2 Å². The molecular formula is C14H26N2O3S. The second-order valence-electron chi connectivity index (χ2n) is 5.49. The Morgan fingerprint density at radius 1 is 1.30 bits per heavy atom. The molecule has 0 aromatic heterocycles. The Labute approximate surface area is 125 Å². The van der Waals surface area contributed by atoms with Crippen molar-refractivity contribution >= 4 is 23.8 Å². The predicted octanol–water partition coefficient (Wildman–Crippen LogP) is 2.46. The summed E-state index contributed by atoms with van der Waals surface area (Å²) in [6.07, 6.45) is 6.25. The Morgan fingerprint density at radius 3 is 2.40 bits per heavy atom. The molecule has 6 heteroatoms. The van der Waals surface area contributed by atoms with Crippen LogP contribution in [0.15, 0.2) is 0 Å². The molecule has 2 amide bonds. The molecule has 0 spiro atoms. The van der Waals surface area contributed by atoms with E-state index in [1.54, 1.807) is 0 Å². The fourth-order valence-corrected chi connectivity index (χ4v) is 3.45. The van der Waals surface area contributed by atoms with Crippen LogP contribution in [0.5, 0.6) is 0 Å². The summed E-state index contributed by atoms with van der Waals surface area (Å²) in [7, 11) is 0. The largest absolute Gasteiger partial charge is 0.481 e. The predicted molar refractivity (Wildman–Crippen MR) is 82.1 cm³/mol. The smallest absolute Gasteiger partial charge is 0.315 e. The molecule has 0 radical (unpaired) electrons. The Kier molecular flexibility index (Phi) is 6.65. The lowest BCUT2D eigenvalue weighted by Gasteiger charge is -2.27. The summed E-state index contributed by atoms with van der Waals surface area (Å²) >= 11 is 1.84. The summed E-state index contributed by atoms with van der Waals surface area (Å²) < 4.78 is 0. The third kappa shape index (κ3) is 4.30. The minimum atomic E-state index is -0.852. The molecule has 20 heavy (non-hydrogen) atoms. The number of nitrogens with one attached hydrogen (secondary N) is 2. The van der Waals surface area contributed by atoms with E-state index in [1.807, 2.05) is 25.6 Å². The number of carbonyl (C=O) groups excluding carboxylic acids is 1. The van der Waals surface area contributed by atoms with Crippen molar-refractivity contribution in [1.82, 2.24) is 10.6 Å². The third-order valence-corrected chi connectivity index (χ3v) is 5.54. The van der Waals surface area contributed by atoms with E-state index in [9.17, 15) is 14.7 Å². The van der Waals surface area contributed by atoms with Gasteiger partial charge in [0.15, 0.2) is 0 Å². The fraction of sp³-hybridized carbons (Fsp3) is 0.857. The standard InChI is InChI=1S/C14H26N2O3S/c1-4-14(5-2,12(17)18)9-15-13(19)16-10-6-7-11(8-10)20-3/h10-11H,4-9H2,1-3H3,(H,17,18)(H2,15,16,19). The van der Waals surface area contributed by atoms with Gasteiger partial charge in [-0.2, -0.15) is 11.8 Å². The molecule has 1 aliphatic carbocycles. The zero-order chi connectivity index (χ0) is 15.2. The van der Waals surface area contributed by atoms with Gasteiger partial charge in [-0.3, -0.25) is 4.79 Å². The van der Waals surface area contributed by atoms with E-state index in [1.165, 1.54) is 0 Å². The van der Waals surface area contributed by atoms with E-state index in [2.05, 4.69) is 16.9 Å². The maximum Gasteiger partial charge on any atom is 0.315 e. The van der Waals surface area contributed by atoms with Crippen molar-refractivity contribution in [2.24, 2.45) is 5.41 Å². The number of thioether (sulfide) groups is 1. The normalized spacial score (nSPS) is 22.6. The lowest BCUT2D eigenvalue weighted by atomic mass is 9.82. The fourth-order valence-electron chi connectivity index (χ4n) is 2.65. The summed E-state index contributed by atoms with van der Waals surface area (Å²) in [5, 5.41) is 15.6. The summed E-state index contributed by atoms with van der Waals surface area (Å²) in [5.74, 6) is -0.842. The molecule has 2 atom stereocenters. The maximum atomic E-state index is 11.9. The summed E-state index contributed by atoms with van der Waals surface area (Å²) in [4.78, 5) is 23.2. The summed E-state index contributed by atoms with van der Waals surface area (Å²) in [6.45, 7) is 3.87. The molecule has 1 rings (SSSR count). The van der Waals surface area contributed by atoms with Crippen molar-refractivity contribution in [3.63, 3.8) is 0 Å². The number of hydrogen-bond donors (Lipinski definition) is 3. The number of carbonyl (C=O) groups is 2. The average molecular weight is 302 g/mol. The number of carboxylic acids is 1. The van der Waals surface area contributed by atoms with Crippen molar-refractivity contribution < 1.29 is 14.7 Å². The number of rotatable bonds is 7. The van der Waals surface area contributed by atoms with Gasteiger partial charge in [0.2, 0.25) is 0 Å². The molecule has 0 aliphatic heterocycles. The number of amides is 2.